The van der Waals surface area contributed by atoms with E-state index in [1.165, 1.54) is 0 Å². The van der Waals surface area contributed by atoms with Crippen molar-refractivity contribution >= 4 is 51.2 Å². The fourth-order valence-electron chi connectivity index (χ4n) is 2.71. The molecule has 0 unspecified atom stereocenters. The van der Waals surface area contributed by atoms with Gasteiger partial charge in [-0.3, -0.25) is 4.79 Å². The molecule has 1 aliphatic heterocycles. The van der Waals surface area contributed by atoms with Crippen molar-refractivity contribution in [3.8, 4) is 23.8 Å². The van der Waals surface area contributed by atoms with Crippen LogP contribution in [0.1, 0.15) is 12.5 Å². The number of benzene rings is 2. The number of carbonyl (C=O) groups excluding carboxylic acids is 2. The summed E-state index contributed by atoms with van der Waals surface area (Å²) in [5, 5.41) is 3.10. The Morgan fingerprint density at radius 2 is 1.97 bits per heavy atom. The summed E-state index contributed by atoms with van der Waals surface area (Å²) < 4.78 is 11.8. The highest BCUT2D eigenvalue weighted by molar-refractivity contribution is 9.10. The standard InChI is InChI=1S/C21H16BrClN2O4/c1-3-9-29-19-16(22)10-13(12-18(19)28-4-2)11-17-20(26)25(21(27)24-17)15-7-5-14(23)6-8-15/h1,5-8,10-12H,4,9H2,2H3,(H,24,27)/b17-11+. The number of hydrogen-bond acceptors (Lipinski definition) is 4. The second kappa shape index (κ2) is 9.03. The van der Waals surface area contributed by atoms with E-state index in [1.807, 2.05) is 6.92 Å². The Hall–Kier alpha value is -2.95. The van der Waals surface area contributed by atoms with Gasteiger partial charge in [0, 0.05) is 5.02 Å². The first-order valence-corrected chi connectivity index (χ1v) is 9.77. The van der Waals surface area contributed by atoms with E-state index in [1.54, 1.807) is 42.5 Å². The summed E-state index contributed by atoms with van der Waals surface area (Å²) in [6, 6.07) is 9.33. The number of hydrogen-bond donors (Lipinski definition) is 1. The van der Waals surface area contributed by atoms with E-state index in [0.717, 1.165) is 4.90 Å². The average Bonchev–Trinajstić information content (AvgIpc) is 2.95. The molecule has 0 aromatic heterocycles. The number of imide groups is 1. The molecule has 1 N–H and O–H groups in total. The highest BCUT2D eigenvalue weighted by Crippen LogP contribution is 2.37. The van der Waals surface area contributed by atoms with E-state index in [-0.39, 0.29) is 12.3 Å². The minimum Gasteiger partial charge on any atom is -0.490 e. The largest absolute Gasteiger partial charge is 0.490 e. The van der Waals surface area contributed by atoms with Gasteiger partial charge in [-0.25, -0.2) is 9.69 Å². The predicted octanol–water partition coefficient (Wildman–Crippen LogP) is 4.61. The molecular formula is C21H16BrClN2O4. The fraction of sp³-hybridized carbons (Fsp3) is 0.143. The molecule has 8 heteroatoms. The van der Waals surface area contributed by atoms with Crippen LogP contribution in [0, 0.1) is 12.3 Å². The van der Waals surface area contributed by atoms with Crippen LogP contribution in [0.5, 0.6) is 11.5 Å². The number of carbonyl (C=O) groups is 2. The molecule has 0 saturated carbocycles. The van der Waals surface area contributed by atoms with Gasteiger partial charge < -0.3 is 14.8 Å². The van der Waals surface area contributed by atoms with Gasteiger partial charge in [0.25, 0.3) is 5.91 Å². The first-order chi connectivity index (χ1) is 13.9. The highest BCUT2D eigenvalue weighted by atomic mass is 79.9. The Balaban J connectivity index is 1.93. The molecule has 1 heterocycles. The molecule has 3 rings (SSSR count). The van der Waals surface area contributed by atoms with Gasteiger partial charge in [0.15, 0.2) is 11.5 Å². The molecule has 2 aromatic carbocycles. The zero-order valence-corrected chi connectivity index (χ0v) is 17.7. The number of nitrogens with zero attached hydrogens (tertiary/aromatic N) is 1. The van der Waals surface area contributed by atoms with E-state index in [4.69, 9.17) is 27.5 Å². The zero-order chi connectivity index (χ0) is 21.0. The van der Waals surface area contributed by atoms with Crippen molar-refractivity contribution in [2.45, 2.75) is 6.92 Å². The third kappa shape index (κ3) is 4.56. The van der Waals surface area contributed by atoms with Crippen LogP contribution in [0.2, 0.25) is 5.02 Å². The van der Waals surface area contributed by atoms with Crippen molar-refractivity contribution in [3.63, 3.8) is 0 Å². The van der Waals surface area contributed by atoms with Crippen molar-refractivity contribution < 1.29 is 19.1 Å². The van der Waals surface area contributed by atoms with E-state index >= 15 is 0 Å². The lowest BCUT2D eigenvalue weighted by Crippen LogP contribution is -2.30. The van der Waals surface area contributed by atoms with Crippen molar-refractivity contribution in [2.75, 3.05) is 18.1 Å². The van der Waals surface area contributed by atoms with Crippen molar-refractivity contribution in [3.05, 3.63) is 57.2 Å². The Morgan fingerprint density at radius 1 is 1.24 bits per heavy atom. The van der Waals surface area contributed by atoms with Gasteiger partial charge in [0.05, 0.1) is 16.8 Å². The minimum atomic E-state index is -0.540. The van der Waals surface area contributed by atoms with Crippen LogP contribution in [-0.4, -0.2) is 25.2 Å². The van der Waals surface area contributed by atoms with Crippen LogP contribution in [-0.2, 0) is 4.79 Å². The average molecular weight is 476 g/mol. The van der Waals surface area contributed by atoms with Crippen molar-refractivity contribution in [1.29, 1.82) is 0 Å². The van der Waals surface area contributed by atoms with E-state index < -0.39 is 11.9 Å². The van der Waals surface area contributed by atoms with E-state index in [2.05, 4.69) is 27.2 Å². The number of anilines is 1. The maximum absolute atomic E-state index is 12.8. The van der Waals surface area contributed by atoms with Crippen molar-refractivity contribution in [2.24, 2.45) is 0 Å². The molecule has 0 bridgehead atoms. The number of amides is 3. The molecule has 1 saturated heterocycles. The molecule has 6 nitrogen and oxygen atoms in total. The Morgan fingerprint density at radius 3 is 2.62 bits per heavy atom. The molecule has 0 spiro atoms. The van der Waals surface area contributed by atoms with Gasteiger partial charge in [-0.15, -0.1) is 6.42 Å². The number of halogens is 2. The van der Waals surface area contributed by atoms with Crippen LogP contribution in [0.15, 0.2) is 46.6 Å². The first-order valence-electron chi connectivity index (χ1n) is 8.60. The van der Waals surface area contributed by atoms with Gasteiger partial charge >= 0.3 is 6.03 Å². The molecular weight excluding hydrogens is 460 g/mol. The molecule has 148 valence electrons. The zero-order valence-electron chi connectivity index (χ0n) is 15.4. The lowest BCUT2D eigenvalue weighted by molar-refractivity contribution is -0.113. The van der Waals surface area contributed by atoms with E-state index in [0.29, 0.717) is 38.9 Å². The second-order valence-corrected chi connectivity index (χ2v) is 7.15. The lowest BCUT2D eigenvalue weighted by atomic mass is 10.1. The maximum atomic E-state index is 12.8. The topological polar surface area (TPSA) is 67.9 Å². The van der Waals surface area contributed by atoms with E-state index in [9.17, 15) is 9.59 Å². The molecule has 2 aromatic rings. The number of rotatable bonds is 6. The lowest BCUT2D eigenvalue weighted by Gasteiger charge is -2.13. The first kappa shape index (κ1) is 20.8. The Labute approximate surface area is 181 Å². The molecule has 1 fully saturated rings. The number of ether oxygens (including phenoxy) is 2. The van der Waals surface area contributed by atoms with Crippen molar-refractivity contribution in [1.82, 2.24) is 5.32 Å². The number of nitrogens with one attached hydrogen (secondary N) is 1. The van der Waals surface area contributed by atoms with Gasteiger partial charge in [-0.05, 0) is 70.9 Å². The van der Waals surface area contributed by atoms with Gasteiger partial charge in [0.2, 0.25) is 0 Å². The monoisotopic (exact) mass is 474 g/mol. The predicted molar refractivity (Wildman–Crippen MR) is 115 cm³/mol. The number of urea groups is 1. The Kier molecular flexibility index (Phi) is 6.47. The minimum absolute atomic E-state index is 0.0870. The fourth-order valence-corrected chi connectivity index (χ4v) is 3.41. The van der Waals surface area contributed by atoms with Gasteiger partial charge in [-0.2, -0.15) is 0 Å². The van der Waals surface area contributed by atoms with Crippen LogP contribution in [0.4, 0.5) is 10.5 Å². The summed E-state index contributed by atoms with van der Waals surface area (Å²) in [6.07, 6.45) is 6.82. The summed E-state index contributed by atoms with van der Waals surface area (Å²) in [6.45, 7) is 2.34. The van der Waals surface area contributed by atoms with Crippen LogP contribution >= 0.6 is 27.5 Å². The Bertz CT molecular complexity index is 1030. The number of terminal acetylenes is 1. The molecule has 0 radical (unpaired) electrons. The third-order valence-electron chi connectivity index (χ3n) is 3.91. The highest BCUT2D eigenvalue weighted by Gasteiger charge is 2.34. The summed E-state index contributed by atoms with van der Waals surface area (Å²) in [5.41, 5.74) is 1.20. The summed E-state index contributed by atoms with van der Waals surface area (Å²) >= 11 is 9.31. The van der Waals surface area contributed by atoms with Crippen LogP contribution in [0.3, 0.4) is 0 Å². The second-order valence-electron chi connectivity index (χ2n) is 5.86. The molecule has 3 amide bonds. The summed E-state index contributed by atoms with van der Waals surface area (Å²) in [4.78, 5) is 26.1. The quantitative estimate of drug-likeness (QED) is 0.376. The van der Waals surface area contributed by atoms with Gasteiger partial charge in [0.1, 0.15) is 12.3 Å². The molecule has 0 atom stereocenters. The van der Waals surface area contributed by atoms with Gasteiger partial charge in [-0.1, -0.05) is 17.5 Å². The summed E-state index contributed by atoms with van der Waals surface area (Å²) in [7, 11) is 0. The normalized spacial score (nSPS) is 14.7. The summed E-state index contributed by atoms with van der Waals surface area (Å²) in [5.74, 6) is 2.87. The van der Waals surface area contributed by atoms with Crippen LogP contribution in [0.25, 0.3) is 6.08 Å². The smallest absolute Gasteiger partial charge is 0.333 e. The maximum Gasteiger partial charge on any atom is 0.333 e. The SMILES string of the molecule is C#CCOc1c(Br)cc(/C=C2/NC(=O)N(c3ccc(Cl)cc3)C2=O)cc1OCC. The molecule has 0 aliphatic carbocycles. The van der Waals surface area contributed by atoms with Crippen LogP contribution < -0.4 is 19.7 Å². The third-order valence-corrected chi connectivity index (χ3v) is 4.75. The molecule has 29 heavy (non-hydrogen) atoms. The molecule has 1 aliphatic rings.